The van der Waals surface area contributed by atoms with Gasteiger partial charge in [0, 0.05) is 51.3 Å². The number of rotatable bonds is 28. The van der Waals surface area contributed by atoms with E-state index in [1.54, 1.807) is 12.1 Å². The fraction of sp³-hybridized carbons (Fsp3) is 0.649. The molecule has 16 nitrogen and oxygen atoms in total. The summed E-state index contributed by atoms with van der Waals surface area (Å²) >= 11 is 0. The summed E-state index contributed by atoms with van der Waals surface area (Å²) in [7, 11) is 0. The largest absolute Gasteiger partial charge is 0.508 e. The fourth-order valence-electron chi connectivity index (χ4n) is 5.93. The molecule has 16 heteroatoms. The summed E-state index contributed by atoms with van der Waals surface area (Å²) in [5.41, 5.74) is 18.1. The molecule has 3 amide bonds. The number of nitrogens with one attached hydrogen (secondary N) is 1. The standard InChI is InChI=1S/C37H56N6O10/c38-22-28-6-3-15-43(28)37(51)31(39)13-12-29(45)7-4-16-52-17-18-53-24-35(49)42-14-2-1-5-26(33(47)21-27(23-44)36(41)50)20-34(48)32(40)19-25-8-10-30(46)11-9-25/h8-11,26-28,31-32,44,46H,1-7,12-21,23-24,39-40H2,(H2,41,50)(H,42,49)/t26-,27+,28+,31+,32+/m1/s1. The number of carbonyl (C=O) groups is 6. The number of likely N-dealkylation sites (tertiary alicyclic amines) is 1. The number of ether oxygens (including phenoxy) is 2. The maximum absolute atomic E-state index is 13.1. The Bertz CT molecular complexity index is 1380. The highest BCUT2D eigenvalue weighted by molar-refractivity contribution is 5.92. The molecule has 0 unspecified atom stereocenters. The molecule has 0 radical (unpaired) electrons. The van der Waals surface area contributed by atoms with E-state index >= 15 is 0 Å². The first-order valence-corrected chi connectivity index (χ1v) is 18.2. The third-order valence-electron chi connectivity index (χ3n) is 9.17. The first kappa shape index (κ1) is 44.9. The van der Waals surface area contributed by atoms with Crippen molar-refractivity contribution in [3.8, 4) is 11.8 Å². The number of primary amides is 1. The number of aliphatic hydroxyl groups is 1. The quantitative estimate of drug-likeness (QED) is 0.0626. The van der Waals surface area contributed by atoms with E-state index in [0.29, 0.717) is 51.8 Å². The second kappa shape index (κ2) is 24.9. The van der Waals surface area contributed by atoms with Crippen molar-refractivity contribution in [1.82, 2.24) is 10.2 Å². The highest BCUT2D eigenvalue weighted by atomic mass is 16.5. The molecule has 9 N–H and O–H groups in total. The number of phenols is 1. The number of nitrogens with two attached hydrogens (primary N) is 3. The third-order valence-corrected chi connectivity index (χ3v) is 9.17. The zero-order valence-electron chi connectivity index (χ0n) is 30.4. The van der Waals surface area contributed by atoms with Gasteiger partial charge in [-0.25, -0.2) is 0 Å². The summed E-state index contributed by atoms with van der Waals surface area (Å²) in [5.74, 6) is -3.88. The molecular formula is C37H56N6O10. The van der Waals surface area contributed by atoms with E-state index in [-0.39, 0.29) is 93.3 Å². The molecule has 0 bridgehead atoms. The Morgan fingerprint density at radius 3 is 2.28 bits per heavy atom. The van der Waals surface area contributed by atoms with Crippen LogP contribution in [0.4, 0.5) is 0 Å². The van der Waals surface area contributed by atoms with Crippen molar-refractivity contribution in [1.29, 1.82) is 5.26 Å². The first-order valence-electron chi connectivity index (χ1n) is 18.2. The van der Waals surface area contributed by atoms with Crippen LogP contribution in [0.25, 0.3) is 0 Å². The van der Waals surface area contributed by atoms with Crippen molar-refractivity contribution < 1.29 is 48.5 Å². The number of phenolic OH excluding ortho intramolecular Hbond substituents is 1. The minimum absolute atomic E-state index is 0.0248. The lowest BCUT2D eigenvalue weighted by Crippen LogP contribution is -2.45. The Morgan fingerprint density at radius 1 is 0.906 bits per heavy atom. The molecule has 0 aliphatic carbocycles. The summed E-state index contributed by atoms with van der Waals surface area (Å²) in [6.45, 7) is 0.780. The van der Waals surface area contributed by atoms with Crippen LogP contribution in [-0.4, -0.2) is 114 Å². The van der Waals surface area contributed by atoms with Crippen LogP contribution in [-0.2, 0) is 44.7 Å². The lowest BCUT2D eigenvalue weighted by molar-refractivity contribution is -0.133. The number of hydrogen-bond donors (Lipinski definition) is 6. The molecule has 2 rings (SSSR count). The van der Waals surface area contributed by atoms with E-state index in [0.717, 1.165) is 12.0 Å². The smallest absolute Gasteiger partial charge is 0.245 e. The lowest BCUT2D eigenvalue weighted by atomic mass is 9.85. The van der Waals surface area contributed by atoms with Crippen LogP contribution in [0.3, 0.4) is 0 Å². The van der Waals surface area contributed by atoms with Crippen molar-refractivity contribution >= 4 is 35.1 Å². The molecule has 294 valence electrons. The molecule has 53 heavy (non-hydrogen) atoms. The van der Waals surface area contributed by atoms with Crippen LogP contribution in [0.1, 0.15) is 76.2 Å². The van der Waals surface area contributed by atoms with Gasteiger partial charge >= 0.3 is 0 Å². The molecule has 0 spiro atoms. The molecule has 1 saturated heterocycles. The summed E-state index contributed by atoms with van der Waals surface area (Å²) in [6.07, 6.45) is 3.67. The zero-order valence-corrected chi connectivity index (χ0v) is 30.4. The normalized spacial score (nSPS) is 16.3. The van der Waals surface area contributed by atoms with E-state index in [2.05, 4.69) is 11.4 Å². The first-order chi connectivity index (χ1) is 25.4. The minimum Gasteiger partial charge on any atom is -0.508 e. The molecule has 0 saturated carbocycles. The highest BCUT2D eigenvalue weighted by Gasteiger charge is 2.32. The molecule has 1 aromatic carbocycles. The predicted octanol–water partition coefficient (Wildman–Crippen LogP) is 0.181. The predicted molar refractivity (Wildman–Crippen MR) is 193 cm³/mol. The van der Waals surface area contributed by atoms with Gasteiger partial charge < -0.3 is 47.1 Å². The van der Waals surface area contributed by atoms with Crippen molar-refractivity contribution in [3.63, 3.8) is 0 Å². The summed E-state index contributed by atoms with van der Waals surface area (Å²) in [6, 6.07) is 6.27. The van der Waals surface area contributed by atoms with Gasteiger partial charge in [-0.3, -0.25) is 28.8 Å². The topological polar surface area (TPSA) is 278 Å². The average molecular weight is 745 g/mol. The van der Waals surface area contributed by atoms with Gasteiger partial charge in [0.25, 0.3) is 0 Å². The Balaban J connectivity index is 1.60. The fourth-order valence-corrected chi connectivity index (χ4v) is 5.93. The van der Waals surface area contributed by atoms with Crippen molar-refractivity contribution in [2.75, 3.05) is 46.1 Å². The average Bonchev–Trinajstić information content (AvgIpc) is 3.62. The molecule has 1 fully saturated rings. The number of nitrogens with zero attached hydrogens (tertiary/aromatic N) is 2. The number of ketones is 3. The number of Topliss-reactive ketones (excluding diaryl/α,β-unsaturated/α-hetero) is 3. The van der Waals surface area contributed by atoms with Gasteiger partial charge in [-0.05, 0) is 62.6 Å². The number of hydrogen-bond acceptors (Lipinski definition) is 13. The van der Waals surface area contributed by atoms with Gasteiger partial charge in [-0.15, -0.1) is 0 Å². The van der Waals surface area contributed by atoms with Gasteiger partial charge in [0.15, 0.2) is 5.78 Å². The van der Waals surface area contributed by atoms with Crippen molar-refractivity contribution in [3.05, 3.63) is 29.8 Å². The number of aliphatic hydroxyl groups excluding tert-OH is 1. The van der Waals surface area contributed by atoms with Crippen LogP contribution in [0.5, 0.6) is 5.75 Å². The zero-order chi connectivity index (χ0) is 39.2. The monoisotopic (exact) mass is 744 g/mol. The minimum atomic E-state index is -1.06. The van der Waals surface area contributed by atoms with E-state index in [1.165, 1.54) is 17.0 Å². The summed E-state index contributed by atoms with van der Waals surface area (Å²) < 4.78 is 10.8. The van der Waals surface area contributed by atoms with Crippen LogP contribution in [0, 0.1) is 23.2 Å². The SMILES string of the molecule is N#C[C@@H]1CCCN1C(=O)[C@@H](N)CCC(=O)CCCOCCOCC(=O)NCCCC[C@H](CC(=O)[C@@H](N)Cc1ccc(O)cc1)C(=O)C[C@@H](CO)C(N)=O. The maximum Gasteiger partial charge on any atom is 0.245 e. The lowest BCUT2D eigenvalue weighted by Gasteiger charge is -2.23. The van der Waals surface area contributed by atoms with Crippen LogP contribution in [0.15, 0.2) is 24.3 Å². The van der Waals surface area contributed by atoms with Gasteiger partial charge in [0.2, 0.25) is 17.7 Å². The number of unbranched alkanes of at least 4 members (excludes halogenated alkanes) is 1. The van der Waals surface area contributed by atoms with Crippen LogP contribution >= 0.6 is 0 Å². The van der Waals surface area contributed by atoms with E-state index in [4.69, 9.17) is 31.9 Å². The molecule has 5 atom stereocenters. The van der Waals surface area contributed by atoms with E-state index in [1.807, 2.05) is 0 Å². The van der Waals surface area contributed by atoms with Gasteiger partial charge in [-0.2, -0.15) is 5.26 Å². The molecule has 1 aliphatic rings. The Hall–Kier alpha value is -4.27. The second-order valence-corrected chi connectivity index (χ2v) is 13.4. The van der Waals surface area contributed by atoms with Crippen LogP contribution < -0.4 is 22.5 Å². The Kier molecular flexibility index (Phi) is 21.1. The van der Waals surface area contributed by atoms with Crippen LogP contribution in [0.2, 0.25) is 0 Å². The Labute approximate surface area is 310 Å². The van der Waals surface area contributed by atoms with Gasteiger partial charge in [0.05, 0.1) is 43.9 Å². The second-order valence-electron chi connectivity index (χ2n) is 13.4. The van der Waals surface area contributed by atoms with Gasteiger partial charge in [0.1, 0.15) is 30.0 Å². The number of benzene rings is 1. The number of amides is 3. The number of nitriles is 1. The van der Waals surface area contributed by atoms with Gasteiger partial charge in [-0.1, -0.05) is 18.6 Å². The molecule has 0 aromatic heterocycles. The molecule has 1 heterocycles. The summed E-state index contributed by atoms with van der Waals surface area (Å²) in [5, 5.41) is 30.8. The highest BCUT2D eigenvalue weighted by Crippen LogP contribution is 2.21. The van der Waals surface area contributed by atoms with E-state index in [9.17, 15) is 39.0 Å². The maximum atomic E-state index is 13.1. The van der Waals surface area contributed by atoms with Crippen molar-refractivity contribution in [2.45, 2.75) is 95.2 Å². The third kappa shape index (κ3) is 17.4. The van der Waals surface area contributed by atoms with E-state index < -0.39 is 42.5 Å². The number of aromatic hydroxyl groups is 1. The molecule has 1 aliphatic heterocycles. The summed E-state index contributed by atoms with van der Waals surface area (Å²) in [4.78, 5) is 75.9. The van der Waals surface area contributed by atoms with Crippen molar-refractivity contribution in [2.24, 2.45) is 29.0 Å². The molecular weight excluding hydrogens is 688 g/mol. The molecule has 1 aromatic rings. The Morgan fingerprint density at radius 2 is 1.60 bits per heavy atom. The number of carbonyl (C=O) groups excluding carboxylic acids is 6.